The highest BCUT2D eigenvalue weighted by atomic mass is 16.6. The second kappa shape index (κ2) is 5.59. The smallest absolute Gasteiger partial charge is 0.405 e. The summed E-state index contributed by atoms with van der Waals surface area (Å²) in [4.78, 5) is 0. The molecule has 0 aromatic heterocycles. The first kappa shape index (κ1) is 10.1. The highest BCUT2D eigenvalue weighted by Crippen LogP contribution is 2.01. The van der Waals surface area contributed by atoms with E-state index in [1.54, 1.807) is 0 Å². The minimum Gasteiger partial charge on any atom is -0.418 e. The van der Waals surface area contributed by atoms with Crippen LogP contribution in [0.3, 0.4) is 0 Å². The van der Waals surface area contributed by atoms with Gasteiger partial charge in [0.2, 0.25) is 7.17 Å². The van der Waals surface area contributed by atoms with Gasteiger partial charge in [-0.05, 0) is 12.8 Å². The lowest BCUT2D eigenvalue weighted by Crippen LogP contribution is -2.41. The van der Waals surface area contributed by atoms with Gasteiger partial charge in [0, 0.05) is 25.8 Å². The molecule has 1 rings (SSSR count). The number of hydrogen-bond donors (Lipinski definition) is 2. The molecule has 1 heterocycles. The zero-order valence-electron chi connectivity index (χ0n) is 7.11. The standard InChI is InChI=1S/C6H14B2O4/c9-3-2-6(10)7-8-11-4-1-5-12-8/h6-7,9-10H,1-5H2. The third-order valence-corrected chi connectivity index (χ3v) is 1.82. The van der Waals surface area contributed by atoms with Crippen molar-refractivity contribution in [2.24, 2.45) is 0 Å². The lowest BCUT2D eigenvalue weighted by atomic mass is 9.40. The fraction of sp³-hybridized carbons (Fsp3) is 1.00. The topological polar surface area (TPSA) is 58.9 Å². The van der Waals surface area contributed by atoms with Gasteiger partial charge in [-0.15, -0.1) is 0 Å². The molecule has 0 aromatic carbocycles. The molecular weight excluding hydrogens is 158 g/mol. The molecule has 4 nitrogen and oxygen atoms in total. The Bertz CT molecular complexity index is 118. The van der Waals surface area contributed by atoms with Crippen molar-refractivity contribution in [3.05, 3.63) is 0 Å². The predicted octanol–water partition coefficient (Wildman–Crippen LogP) is -1.45. The molecule has 0 amide bonds. The van der Waals surface area contributed by atoms with E-state index in [4.69, 9.17) is 14.4 Å². The van der Waals surface area contributed by atoms with Crippen molar-refractivity contribution < 1.29 is 19.5 Å². The van der Waals surface area contributed by atoms with E-state index >= 15 is 0 Å². The van der Waals surface area contributed by atoms with Crippen molar-refractivity contribution >= 4 is 14.2 Å². The van der Waals surface area contributed by atoms with Crippen LogP contribution in [0.2, 0.25) is 0 Å². The molecule has 68 valence electrons. The van der Waals surface area contributed by atoms with E-state index < -0.39 is 6.00 Å². The molecule has 0 aliphatic carbocycles. The van der Waals surface area contributed by atoms with Crippen LogP contribution in [0.5, 0.6) is 0 Å². The average molecular weight is 172 g/mol. The summed E-state index contributed by atoms with van der Waals surface area (Å²) in [6.45, 7) is 1.42. The molecular formula is C6H14B2O4. The van der Waals surface area contributed by atoms with Gasteiger partial charge in [-0.1, -0.05) is 0 Å². The summed E-state index contributed by atoms with van der Waals surface area (Å²) in [6.07, 6.45) is 1.32. The first-order chi connectivity index (χ1) is 5.83. The third kappa shape index (κ3) is 3.58. The first-order valence-electron chi connectivity index (χ1n) is 4.35. The van der Waals surface area contributed by atoms with E-state index in [0.29, 0.717) is 26.8 Å². The largest absolute Gasteiger partial charge is 0.418 e. The molecule has 1 atom stereocenters. The van der Waals surface area contributed by atoms with Gasteiger partial charge in [0.05, 0.1) is 0 Å². The van der Waals surface area contributed by atoms with E-state index in [1.807, 2.05) is 0 Å². The van der Waals surface area contributed by atoms with Crippen LogP contribution in [0.1, 0.15) is 12.8 Å². The summed E-state index contributed by atoms with van der Waals surface area (Å²) in [7, 11) is 0.181. The normalized spacial score (nSPS) is 20.7. The monoisotopic (exact) mass is 172 g/mol. The Morgan fingerprint density at radius 2 is 2.08 bits per heavy atom. The lowest BCUT2D eigenvalue weighted by molar-refractivity contribution is 0.143. The summed E-state index contributed by atoms with van der Waals surface area (Å²) in [5.74, 6) is 0. The maximum atomic E-state index is 9.28. The minimum absolute atomic E-state index is 0.00782. The first-order valence-corrected chi connectivity index (χ1v) is 4.35. The minimum atomic E-state index is -0.516. The molecule has 12 heavy (non-hydrogen) atoms. The Kier molecular flexibility index (Phi) is 4.68. The summed E-state index contributed by atoms with van der Waals surface area (Å²) in [6, 6.07) is -0.516. The van der Waals surface area contributed by atoms with Crippen LogP contribution in [0.4, 0.5) is 0 Å². The van der Waals surface area contributed by atoms with Crippen LogP contribution < -0.4 is 0 Å². The van der Waals surface area contributed by atoms with E-state index in [0.717, 1.165) is 6.42 Å². The molecule has 1 unspecified atom stereocenters. The molecule has 1 aliphatic rings. The maximum absolute atomic E-state index is 9.28. The van der Waals surface area contributed by atoms with Crippen molar-refractivity contribution in [2.45, 2.75) is 18.8 Å². The Labute approximate surface area is 73.2 Å². The van der Waals surface area contributed by atoms with Crippen molar-refractivity contribution in [3.8, 4) is 0 Å². The summed E-state index contributed by atoms with van der Waals surface area (Å²) in [5.41, 5.74) is 0. The number of hydrogen-bond acceptors (Lipinski definition) is 4. The van der Waals surface area contributed by atoms with Gasteiger partial charge in [-0.3, -0.25) is 0 Å². The van der Waals surface area contributed by atoms with Crippen LogP contribution >= 0.6 is 0 Å². The van der Waals surface area contributed by atoms with E-state index in [2.05, 4.69) is 0 Å². The van der Waals surface area contributed by atoms with E-state index in [9.17, 15) is 5.11 Å². The second-order valence-electron chi connectivity index (χ2n) is 2.93. The van der Waals surface area contributed by atoms with Crippen LogP contribution in [0.15, 0.2) is 0 Å². The number of aliphatic hydroxyl groups is 2. The Hall–Kier alpha value is -0.0301. The molecule has 0 radical (unpaired) electrons. The van der Waals surface area contributed by atoms with Gasteiger partial charge in [-0.2, -0.15) is 0 Å². The van der Waals surface area contributed by atoms with Gasteiger partial charge in [0.15, 0.2) is 0 Å². The fourth-order valence-electron chi connectivity index (χ4n) is 1.16. The zero-order chi connectivity index (χ0) is 8.81. The van der Waals surface area contributed by atoms with Gasteiger partial charge < -0.3 is 19.5 Å². The quantitative estimate of drug-likeness (QED) is 0.509. The molecule has 2 N–H and O–H groups in total. The number of rotatable bonds is 4. The molecule has 0 aromatic rings. The average Bonchev–Trinajstić information content (AvgIpc) is 2.06. The van der Waals surface area contributed by atoms with Crippen LogP contribution in [0.25, 0.3) is 0 Å². The highest BCUT2D eigenvalue weighted by molar-refractivity contribution is 7.06. The Morgan fingerprint density at radius 3 is 2.67 bits per heavy atom. The maximum Gasteiger partial charge on any atom is 0.405 e. The van der Waals surface area contributed by atoms with Gasteiger partial charge in [-0.25, -0.2) is 0 Å². The SMILES string of the molecule is OCCC(O)BB1OCCCO1. The highest BCUT2D eigenvalue weighted by Gasteiger charge is 2.25. The van der Waals surface area contributed by atoms with Crippen LogP contribution in [0, 0.1) is 0 Å². The summed E-state index contributed by atoms with van der Waals surface area (Å²) >= 11 is 0. The molecule has 1 fully saturated rings. The van der Waals surface area contributed by atoms with E-state index in [1.165, 1.54) is 0 Å². The lowest BCUT2D eigenvalue weighted by Gasteiger charge is -2.21. The summed E-state index contributed by atoms with van der Waals surface area (Å²) in [5, 5.41) is 17.8. The van der Waals surface area contributed by atoms with Crippen molar-refractivity contribution in [2.75, 3.05) is 19.8 Å². The van der Waals surface area contributed by atoms with Crippen LogP contribution in [-0.4, -0.2) is 50.2 Å². The van der Waals surface area contributed by atoms with E-state index in [-0.39, 0.29) is 13.6 Å². The second-order valence-corrected chi connectivity index (χ2v) is 2.93. The Morgan fingerprint density at radius 1 is 1.42 bits per heavy atom. The fourth-order valence-corrected chi connectivity index (χ4v) is 1.16. The van der Waals surface area contributed by atoms with Crippen molar-refractivity contribution in [1.29, 1.82) is 0 Å². The van der Waals surface area contributed by atoms with Gasteiger partial charge in [0.1, 0.15) is 0 Å². The van der Waals surface area contributed by atoms with Crippen molar-refractivity contribution in [3.63, 3.8) is 0 Å². The molecule has 1 saturated heterocycles. The summed E-state index contributed by atoms with van der Waals surface area (Å²) < 4.78 is 10.5. The van der Waals surface area contributed by atoms with Crippen molar-refractivity contribution in [1.82, 2.24) is 0 Å². The number of aliphatic hydroxyl groups excluding tert-OH is 2. The van der Waals surface area contributed by atoms with Crippen LogP contribution in [-0.2, 0) is 9.31 Å². The molecule has 0 bridgehead atoms. The zero-order valence-corrected chi connectivity index (χ0v) is 7.11. The van der Waals surface area contributed by atoms with Gasteiger partial charge in [0.25, 0.3) is 0 Å². The third-order valence-electron chi connectivity index (χ3n) is 1.82. The molecule has 6 heteroatoms. The van der Waals surface area contributed by atoms with Gasteiger partial charge >= 0.3 is 7.01 Å². The Balaban J connectivity index is 2.11. The predicted molar refractivity (Wildman–Crippen MR) is 47.1 cm³/mol. The molecule has 0 spiro atoms. The molecule has 0 saturated carbocycles. The molecule has 1 aliphatic heterocycles.